The zero-order valence-corrected chi connectivity index (χ0v) is 13.4. The summed E-state index contributed by atoms with van der Waals surface area (Å²) in [6.07, 6.45) is 1.56. The van der Waals surface area contributed by atoms with E-state index >= 15 is 0 Å². The van der Waals surface area contributed by atoms with Crippen LogP contribution in [0.25, 0.3) is 5.78 Å². The van der Waals surface area contributed by atoms with Crippen LogP contribution in [0.1, 0.15) is 17.0 Å². The highest BCUT2D eigenvalue weighted by atomic mass is 32.2. The molecule has 0 aliphatic rings. The van der Waals surface area contributed by atoms with Crippen molar-refractivity contribution in [3.8, 4) is 0 Å². The molecule has 1 amide bonds. The molecule has 3 aromatic heterocycles. The first-order chi connectivity index (χ1) is 11.1. The van der Waals surface area contributed by atoms with Crippen LogP contribution in [-0.4, -0.2) is 31.2 Å². The van der Waals surface area contributed by atoms with Crippen molar-refractivity contribution in [1.29, 1.82) is 0 Å². The Hall–Kier alpha value is -2.55. The summed E-state index contributed by atoms with van der Waals surface area (Å²) in [4.78, 5) is 26.3. The number of aromatic amines is 1. The number of nitrogens with zero attached hydrogens (tertiary/aromatic N) is 3. The number of aryl methyl sites for hydroxylation is 1. The van der Waals surface area contributed by atoms with Crippen molar-refractivity contribution in [1.82, 2.24) is 24.9 Å². The molecule has 0 spiro atoms. The quantitative estimate of drug-likeness (QED) is 0.676. The van der Waals surface area contributed by atoms with Crippen LogP contribution in [0.5, 0.6) is 0 Å². The second kappa shape index (κ2) is 6.29. The number of H-pyrrole nitrogens is 1. The smallest absolute Gasteiger partial charge is 0.255 e. The lowest BCUT2D eigenvalue weighted by Crippen LogP contribution is -2.24. The fourth-order valence-electron chi connectivity index (χ4n) is 2.05. The maximum atomic E-state index is 11.9. The fraction of sp³-hybridized carbons (Fsp3) is 0.286. The summed E-state index contributed by atoms with van der Waals surface area (Å²) in [6, 6.07) is 3.56. The molecular weight excluding hydrogens is 318 g/mol. The van der Waals surface area contributed by atoms with Gasteiger partial charge in [-0.05, 0) is 26.0 Å². The average molecular weight is 333 g/mol. The number of hydrogen-bond acceptors (Lipinski definition) is 6. The van der Waals surface area contributed by atoms with Crippen LogP contribution >= 0.6 is 11.8 Å². The van der Waals surface area contributed by atoms with E-state index in [1.807, 2.05) is 6.92 Å². The Bertz CT molecular complexity index is 897. The predicted molar refractivity (Wildman–Crippen MR) is 84.4 cm³/mol. The van der Waals surface area contributed by atoms with Crippen molar-refractivity contribution in [3.63, 3.8) is 0 Å². The molecule has 9 heteroatoms. The number of amides is 1. The maximum absolute atomic E-state index is 11.9. The Morgan fingerprint density at radius 1 is 1.43 bits per heavy atom. The maximum Gasteiger partial charge on any atom is 0.255 e. The predicted octanol–water partition coefficient (Wildman–Crippen LogP) is 1.04. The molecule has 0 atom stereocenters. The first kappa shape index (κ1) is 15.3. The van der Waals surface area contributed by atoms with Crippen LogP contribution in [0.15, 0.2) is 32.8 Å². The van der Waals surface area contributed by atoms with E-state index in [1.54, 1.807) is 29.7 Å². The molecule has 2 N–H and O–H groups in total. The molecule has 0 bridgehead atoms. The van der Waals surface area contributed by atoms with Crippen molar-refractivity contribution < 1.29 is 9.21 Å². The molecule has 3 rings (SSSR count). The minimum Gasteiger partial charge on any atom is -0.467 e. The molecule has 0 radical (unpaired) electrons. The van der Waals surface area contributed by atoms with E-state index in [0.29, 0.717) is 28.8 Å². The van der Waals surface area contributed by atoms with Crippen molar-refractivity contribution in [3.05, 3.63) is 45.8 Å². The number of rotatable bonds is 5. The first-order valence-corrected chi connectivity index (χ1v) is 7.91. The van der Waals surface area contributed by atoms with Crippen molar-refractivity contribution in [2.45, 2.75) is 25.5 Å². The Balaban J connectivity index is 1.68. The third-order valence-corrected chi connectivity index (χ3v) is 4.38. The van der Waals surface area contributed by atoms with E-state index in [1.165, 1.54) is 11.8 Å². The van der Waals surface area contributed by atoms with Crippen molar-refractivity contribution in [2.24, 2.45) is 0 Å². The van der Waals surface area contributed by atoms with Gasteiger partial charge in [0.15, 0.2) is 5.16 Å². The van der Waals surface area contributed by atoms with Gasteiger partial charge in [-0.3, -0.25) is 19.0 Å². The van der Waals surface area contributed by atoms with Crippen LogP contribution in [-0.2, 0) is 11.3 Å². The van der Waals surface area contributed by atoms with Gasteiger partial charge in [-0.1, -0.05) is 11.8 Å². The molecule has 0 saturated carbocycles. The number of thioether (sulfide) groups is 1. The summed E-state index contributed by atoms with van der Waals surface area (Å²) in [6.45, 7) is 3.90. The first-order valence-electron chi connectivity index (χ1n) is 6.92. The molecular formula is C14H15N5O3S. The van der Waals surface area contributed by atoms with Crippen molar-refractivity contribution >= 4 is 23.4 Å². The number of hydrogen-bond donors (Lipinski definition) is 2. The van der Waals surface area contributed by atoms with Gasteiger partial charge in [0.05, 0.1) is 18.6 Å². The van der Waals surface area contributed by atoms with Gasteiger partial charge in [0.2, 0.25) is 11.7 Å². The second-order valence-corrected chi connectivity index (χ2v) is 5.89. The molecule has 0 fully saturated rings. The van der Waals surface area contributed by atoms with Gasteiger partial charge in [-0.15, -0.1) is 10.2 Å². The third-order valence-electron chi connectivity index (χ3n) is 3.45. The van der Waals surface area contributed by atoms with Gasteiger partial charge in [-0.2, -0.15) is 0 Å². The molecule has 8 nitrogen and oxygen atoms in total. The minimum absolute atomic E-state index is 0.137. The summed E-state index contributed by atoms with van der Waals surface area (Å²) < 4.78 is 6.89. The highest BCUT2D eigenvalue weighted by Crippen LogP contribution is 2.17. The fourth-order valence-corrected chi connectivity index (χ4v) is 2.87. The molecule has 0 aromatic carbocycles. The number of carbonyl (C=O) groups is 1. The van der Waals surface area contributed by atoms with Gasteiger partial charge in [0.25, 0.3) is 5.56 Å². The molecule has 0 unspecified atom stereocenters. The Morgan fingerprint density at radius 3 is 3.00 bits per heavy atom. The van der Waals surface area contributed by atoms with Gasteiger partial charge < -0.3 is 9.73 Å². The number of fused-ring (bicyclic) bond motifs is 1. The zero-order chi connectivity index (χ0) is 16.4. The Labute approximate surface area is 135 Å². The third kappa shape index (κ3) is 3.14. The lowest BCUT2D eigenvalue weighted by atomic mass is 10.3. The van der Waals surface area contributed by atoms with E-state index in [2.05, 4.69) is 20.5 Å². The molecule has 0 aliphatic heterocycles. The van der Waals surface area contributed by atoms with E-state index < -0.39 is 0 Å². The number of carbonyl (C=O) groups excluding carboxylic acids is 1. The second-order valence-electron chi connectivity index (χ2n) is 4.95. The molecule has 3 aromatic rings. The Kier molecular flexibility index (Phi) is 4.20. The van der Waals surface area contributed by atoms with Gasteiger partial charge in [0.1, 0.15) is 5.76 Å². The number of nitrogens with one attached hydrogen (secondary N) is 2. The monoisotopic (exact) mass is 333 g/mol. The van der Waals surface area contributed by atoms with Crippen LogP contribution < -0.4 is 10.9 Å². The van der Waals surface area contributed by atoms with Gasteiger partial charge in [0, 0.05) is 11.3 Å². The molecule has 0 aliphatic carbocycles. The van der Waals surface area contributed by atoms with Crippen LogP contribution in [0.4, 0.5) is 0 Å². The highest BCUT2D eigenvalue weighted by molar-refractivity contribution is 7.99. The number of furan rings is 1. The van der Waals surface area contributed by atoms with E-state index in [0.717, 1.165) is 5.69 Å². The van der Waals surface area contributed by atoms with Crippen LogP contribution in [0, 0.1) is 13.8 Å². The molecule has 0 saturated heterocycles. The summed E-state index contributed by atoms with van der Waals surface area (Å²) in [7, 11) is 0. The van der Waals surface area contributed by atoms with Gasteiger partial charge >= 0.3 is 0 Å². The van der Waals surface area contributed by atoms with Crippen LogP contribution in [0.3, 0.4) is 0 Å². The molecule has 23 heavy (non-hydrogen) atoms. The summed E-state index contributed by atoms with van der Waals surface area (Å²) in [5.74, 6) is 1.12. The average Bonchev–Trinajstić information content (AvgIpc) is 3.18. The van der Waals surface area contributed by atoms with Crippen molar-refractivity contribution in [2.75, 3.05) is 5.75 Å². The zero-order valence-electron chi connectivity index (χ0n) is 12.6. The Morgan fingerprint density at radius 2 is 2.26 bits per heavy atom. The molecule has 120 valence electrons. The number of aromatic nitrogens is 4. The van der Waals surface area contributed by atoms with E-state index in [4.69, 9.17) is 4.42 Å². The standard InChI is InChI=1S/C14H15N5O3S/c1-8-9(2)19-13(16-12(8)21)17-18-14(19)23-7-11(20)15-6-10-4-3-5-22-10/h3-5H,6-7H2,1-2H3,(H,15,20)(H,16,17,21). The van der Waals surface area contributed by atoms with E-state index in [9.17, 15) is 9.59 Å². The lowest BCUT2D eigenvalue weighted by molar-refractivity contribution is -0.118. The summed E-state index contributed by atoms with van der Waals surface area (Å²) in [5, 5.41) is 11.3. The lowest BCUT2D eigenvalue weighted by Gasteiger charge is -2.06. The van der Waals surface area contributed by atoms with Crippen LogP contribution in [0.2, 0.25) is 0 Å². The minimum atomic E-state index is -0.185. The van der Waals surface area contributed by atoms with Gasteiger partial charge in [-0.25, -0.2) is 0 Å². The normalized spacial score (nSPS) is 11.0. The summed E-state index contributed by atoms with van der Waals surface area (Å²) in [5.41, 5.74) is 1.17. The molecule has 3 heterocycles. The van der Waals surface area contributed by atoms with E-state index in [-0.39, 0.29) is 17.2 Å². The highest BCUT2D eigenvalue weighted by Gasteiger charge is 2.14. The largest absolute Gasteiger partial charge is 0.467 e. The topological polar surface area (TPSA) is 105 Å². The summed E-state index contributed by atoms with van der Waals surface area (Å²) >= 11 is 1.26. The SMILES string of the molecule is Cc1c(C)n2c(SCC(=O)NCc3ccco3)nnc2[nH]c1=O.